The highest BCUT2D eigenvalue weighted by molar-refractivity contribution is 5.87. The lowest BCUT2D eigenvalue weighted by Crippen LogP contribution is -2.36. The smallest absolute Gasteiger partial charge is 0.335 e. The van der Waals surface area contributed by atoms with Crippen molar-refractivity contribution in [2.75, 3.05) is 13.2 Å². The van der Waals surface area contributed by atoms with Gasteiger partial charge in [0.1, 0.15) is 12.4 Å². The Labute approximate surface area is 120 Å². The second-order valence-corrected chi connectivity index (χ2v) is 5.60. The molecule has 0 bridgehead atoms. The number of ether oxygens (including phenoxy) is 1. The molecule has 20 heavy (non-hydrogen) atoms. The summed E-state index contributed by atoms with van der Waals surface area (Å²) in [6.45, 7) is 3.67. The lowest BCUT2D eigenvalue weighted by atomic mass is 9.87. The number of benzene rings is 1. The third kappa shape index (κ3) is 4.53. The van der Waals surface area contributed by atoms with Crippen LogP contribution >= 0.6 is 0 Å². The van der Waals surface area contributed by atoms with Crippen LogP contribution in [0.2, 0.25) is 0 Å². The first kappa shape index (κ1) is 14.9. The van der Waals surface area contributed by atoms with Crippen LogP contribution < -0.4 is 10.1 Å². The van der Waals surface area contributed by atoms with Gasteiger partial charge in [0.15, 0.2) is 0 Å². The average molecular weight is 277 g/mol. The highest BCUT2D eigenvalue weighted by Crippen LogP contribution is 2.23. The first-order valence-corrected chi connectivity index (χ1v) is 7.34. The Morgan fingerprint density at radius 2 is 2.30 bits per heavy atom. The van der Waals surface area contributed by atoms with Crippen LogP contribution in [0.5, 0.6) is 5.75 Å². The first-order chi connectivity index (χ1) is 9.65. The Morgan fingerprint density at radius 1 is 1.45 bits per heavy atom. The van der Waals surface area contributed by atoms with Crippen molar-refractivity contribution in [1.82, 2.24) is 5.32 Å². The molecule has 0 aromatic heterocycles. The van der Waals surface area contributed by atoms with Crippen molar-refractivity contribution in [3.8, 4) is 5.75 Å². The predicted octanol–water partition coefficient (Wildman–Crippen LogP) is 2.93. The topological polar surface area (TPSA) is 58.6 Å². The molecule has 0 saturated heterocycles. The second-order valence-electron chi connectivity index (χ2n) is 5.60. The third-order valence-electron chi connectivity index (χ3n) is 3.82. The fraction of sp³-hybridized carbons (Fsp3) is 0.562. The van der Waals surface area contributed by atoms with E-state index >= 15 is 0 Å². The highest BCUT2D eigenvalue weighted by atomic mass is 16.5. The predicted molar refractivity (Wildman–Crippen MR) is 78.3 cm³/mol. The minimum absolute atomic E-state index is 0.261. The number of hydrogen-bond donors (Lipinski definition) is 2. The minimum atomic E-state index is -0.926. The van der Waals surface area contributed by atoms with Gasteiger partial charge in [-0.1, -0.05) is 25.8 Å². The van der Waals surface area contributed by atoms with Gasteiger partial charge in [0.2, 0.25) is 0 Å². The monoisotopic (exact) mass is 277 g/mol. The molecule has 2 rings (SSSR count). The molecule has 1 aromatic rings. The molecule has 1 aliphatic carbocycles. The van der Waals surface area contributed by atoms with E-state index in [0.29, 0.717) is 18.4 Å². The molecule has 4 nitrogen and oxygen atoms in total. The Morgan fingerprint density at radius 3 is 3.05 bits per heavy atom. The van der Waals surface area contributed by atoms with Crippen LogP contribution in [0.1, 0.15) is 43.0 Å². The van der Waals surface area contributed by atoms with Gasteiger partial charge in [-0.05, 0) is 37.0 Å². The molecule has 1 aromatic carbocycles. The number of carboxylic acid groups (broad SMARTS) is 1. The number of carbonyl (C=O) groups is 1. The van der Waals surface area contributed by atoms with Crippen LogP contribution in [0, 0.1) is 5.92 Å². The van der Waals surface area contributed by atoms with Gasteiger partial charge in [-0.2, -0.15) is 0 Å². The highest BCUT2D eigenvalue weighted by Gasteiger charge is 2.17. The lowest BCUT2D eigenvalue weighted by molar-refractivity contribution is 0.0696. The fourth-order valence-electron chi connectivity index (χ4n) is 2.77. The molecule has 2 unspecified atom stereocenters. The van der Waals surface area contributed by atoms with Gasteiger partial charge in [-0.3, -0.25) is 0 Å². The number of aromatic carboxylic acids is 1. The normalized spacial score (nSPS) is 22.4. The second kappa shape index (κ2) is 7.29. The Kier molecular flexibility index (Phi) is 5.41. The van der Waals surface area contributed by atoms with E-state index in [-0.39, 0.29) is 5.56 Å². The van der Waals surface area contributed by atoms with Crippen LogP contribution in [-0.4, -0.2) is 30.3 Å². The zero-order valence-electron chi connectivity index (χ0n) is 12.0. The average Bonchev–Trinajstić information content (AvgIpc) is 2.44. The van der Waals surface area contributed by atoms with Crippen LogP contribution in [-0.2, 0) is 0 Å². The summed E-state index contributed by atoms with van der Waals surface area (Å²) in [5.74, 6) is 0.503. The molecule has 0 amide bonds. The number of carboxylic acids is 1. The molecule has 1 fully saturated rings. The zero-order valence-corrected chi connectivity index (χ0v) is 12.0. The SMILES string of the molecule is CC1CCCC(NCCOc2cccc(C(=O)O)c2)C1. The van der Waals surface area contributed by atoms with Crippen LogP contribution in [0.15, 0.2) is 24.3 Å². The van der Waals surface area contributed by atoms with Crippen molar-refractivity contribution >= 4 is 5.97 Å². The molecule has 0 aliphatic heterocycles. The van der Waals surface area contributed by atoms with Crippen LogP contribution in [0.25, 0.3) is 0 Å². The van der Waals surface area contributed by atoms with E-state index in [2.05, 4.69) is 12.2 Å². The molecule has 0 heterocycles. The number of rotatable bonds is 6. The van der Waals surface area contributed by atoms with Crippen molar-refractivity contribution in [3.63, 3.8) is 0 Å². The number of hydrogen-bond acceptors (Lipinski definition) is 3. The van der Waals surface area contributed by atoms with Gasteiger partial charge in [0.25, 0.3) is 0 Å². The molecule has 2 atom stereocenters. The Bertz CT molecular complexity index is 447. The van der Waals surface area contributed by atoms with E-state index in [1.807, 2.05) is 0 Å². The Balaban J connectivity index is 1.70. The van der Waals surface area contributed by atoms with Crippen LogP contribution in [0.3, 0.4) is 0 Å². The maximum absolute atomic E-state index is 10.9. The van der Waals surface area contributed by atoms with Gasteiger partial charge in [0, 0.05) is 12.6 Å². The van der Waals surface area contributed by atoms with Crippen molar-refractivity contribution in [2.45, 2.75) is 38.6 Å². The quantitative estimate of drug-likeness (QED) is 0.785. The van der Waals surface area contributed by atoms with Crippen molar-refractivity contribution in [3.05, 3.63) is 29.8 Å². The van der Waals surface area contributed by atoms with Gasteiger partial charge in [-0.15, -0.1) is 0 Å². The van der Waals surface area contributed by atoms with Gasteiger partial charge in [-0.25, -0.2) is 4.79 Å². The summed E-state index contributed by atoms with van der Waals surface area (Å²) in [5, 5.41) is 12.4. The van der Waals surface area contributed by atoms with Gasteiger partial charge in [0.05, 0.1) is 5.56 Å². The van der Waals surface area contributed by atoms with E-state index in [1.54, 1.807) is 24.3 Å². The molecule has 0 radical (unpaired) electrons. The molecule has 1 aliphatic rings. The zero-order chi connectivity index (χ0) is 14.4. The molecule has 2 N–H and O–H groups in total. The first-order valence-electron chi connectivity index (χ1n) is 7.34. The third-order valence-corrected chi connectivity index (χ3v) is 3.82. The van der Waals surface area contributed by atoms with E-state index in [1.165, 1.54) is 25.7 Å². The Hall–Kier alpha value is -1.55. The largest absolute Gasteiger partial charge is 0.492 e. The van der Waals surface area contributed by atoms with E-state index in [4.69, 9.17) is 9.84 Å². The van der Waals surface area contributed by atoms with Crippen molar-refractivity contribution < 1.29 is 14.6 Å². The van der Waals surface area contributed by atoms with Crippen molar-refractivity contribution in [2.24, 2.45) is 5.92 Å². The van der Waals surface area contributed by atoms with Gasteiger partial charge >= 0.3 is 5.97 Å². The number of nitrogens with one attached hydrogen (secondary N) is 1. The minimum Gasteiger partial charge on any atom is -0.492 e. The standard InChI is InChI=1S/C16H23NO3/c1-12-4-2-6-14(10-12)17-8-9-20-15-7-3-5-13(11-15)16(18)19/h3,5,7,11-12,14,17H,2,4,6,8-10H2,1H3,(H,18,19). The summed E-state index contributed by atoms with van der Waals surface area (Å²) >= 11 is 0. The summed E-state index contributed by atoms with van der Waals surface area (Å²) < 4.78 is 5.59. The molecular weight excluding hydrogens is 254 g/mol. The van der Waals surface area contributed by atoms with E-state index < -0.39 is 5.97 Å². The summed E-state index contributed by atoms with van der Waals surface area (Å²) in [4.78, 5) is 10.9. The summed E-state index contributed by atoms with van der Waals surface area (Å²) in [6, 6.07) is 7.22. The molecule has 4 heteroatoms. The van der Waals surface area contributed by atoms with Crippen LogP contribution in [0.4, 0.5) is 0 Å². The summed E-state index contributed by atoms with van der Waals surface area (Å²) in [6.07, 6.45) is 5.14. The van der Waals surface area contributed by atoms with Gasteiger partial charge < -0.3 is 15.2 Å². The van der Waals surface area contributed by atoms with E-state index in [9.17, 15) is 4.79 Å². The summed E-state index contributed by atoms with van der Waals surface area (Å²) in [7, 11) is 0. The molecule has 110 valence electrons. The van der Waals surface area contributed by atoms with E-state index in [0.717, 1.165) is 12.5 Å². The molecular formula is C16H23NO3. The maximum Gasteiger partial charge on any atom is 0.335 e. The molecule has 1 saturated carbocycles. The maximum atomic E-state index is 10.9. The molecule has 0 spiro atoms. The van der Waals surface area contributed by atoms with Crippen molar-refractivity contribution in [1.29, 1.82) is 0 Å². The fourth-order valence-corrected chi connectivity index (χ4v) is 2.77. The lowest BCUT2D eigenvalue weighted by Gasteiger charge is -2.27. The summed E-state index contributed by atoms with van der Waals surface area (Å²) in [5.41, 5.74) is 0.261.